The Balaban J connectivity index is 1.79. The second kappa shape index (κ2) is 6.03. The second-order valence-electron chi connectivity index (χ2n) is 6.25. The molecular formula is C19H20BrNS. The van der Waals surface area contributed by atoms with E-state index in [4.69, 9.17) is 0 Å². The van der Waals surface area contributed by atoms with Crippen LogP contribution in [0.2, 0.25) is 0 Å². The van der Waals surface area contributed by atoms with Crippen molar-refractivity contribution in [2.75, 3.05) is 19.3 Å². The number of hydrogen-bond donors (Lipinski definition) is 0. The zero-order valence-electron chi connectivity index (χ0n) is 12.8. The second-order valence-corrected chi connectivity index (χ2v) is 8.05. The molecule has 4 rings (SSSR count). The lowest BCUT2D eigenvalue weighted by Crippen LogP contribution is -2.34. The van der Waals surface area contributed by atoms with Gasteiger partial charge in [0.15, 0.2) is 0 Å². The van der Waals surface area contributed by atoms with Crippen molar-refractivity contribution in [3.05, 3.63) is 63.6 Å². The van der Waals surface area contributed by atoms with Gasteiger partial charge in [0, 0.05) is 27.9 Å². The number of thioether (sulfide) groups is 1. The Kier molecular flexibility index (Phi) is 4.05. The number of nitrogens with zero attached hydrogens (tertiary/aromatic N) is 1. The molecule has 2 atom stereocenters. The third-order valence-electron chi connectivity index (χ3n) is 5.08. The molecule has 114 valence electrons. The topological polar surface area (TPSA) is 3.24 Å². The molecule has 2 aromatic carbocycles. The summed E-state index contributed by atoms with van der Waals surface area (Å²) in [5, 5.41) is 0. The first-order chi connectivity index (χ1) is 10.8. The molecule has 0 bridgehead atoms. The van der Waals surface area contributed by atoms with E-state index < -0.39 is 0 Å². The fraction of sp³-hybridized carbons (Fsp3) is 0.368. The Hall–Kier alpha value is -0.770. The van der Waals surface area contributed by atoms with Crippen LogP contribution in [0, 0.1) is 0 Å². The normalized spacial score (nSPS) is 24.1. The minimum atomic E-state index is 0.498. The van der Waals surface area contributed by atoms with Gasteiger partial charge in [-0.2, -0.15) is 0 Å². The minimum Gasteiger partial charge on any atom is -0.295 e. The average molecular weight is 374 g/mol. The van der Waals surface area contributed by atoms with Gasteiger partial charge in [0.25, 0.3) is 0 Å². The largest absolute Gasteiger partial charge is 0.295 e. The molecule has 1 fully saturated rings. The van der Waals surface area contributed by atoms with Crippen LogP contribution in [0.1, 0.15) is 41.5 Å². The number of rotatable bonds is 2. The van der Waals surface area contributed by atoms with Crippen molar-refractivity contribution in [1.29, 1.82) is 0 Å². The molecule has 2 aliphatic heterocycles. The van der Waals surface area contributed by atoms with Crippen LogP contribution < -0.4 is 0 Å². The number of halogens is 1. The van der Waals surface area contributed by atoms with Crippen LogP contribution in [0.15, 0.2) is 51.8 Å². The van der Waals surface area contributed by atoms with Crippen molar-refractivity contribution in [2.24, 2.45) is 0 Å². The van der Waals surface area contributed by atoms with E-state index in [2.05, 4.69) is 69.6 Å². The molecule has 0 aromatic heterocycles. The Labute approximate surface area is 145 Å². The Bertz CT molecular complexity index is 682. The molecule has 0 spiro atoms. The van der Waals surface area contributed by atoms with Crippen molar-refractivity contribution in [1.82, 2.24) is 4.90 Å². The summed E-state index contributed by atoms with van der Waals surface area (Å²) in [5.74, 6) is 0.498. The van der Waals surface area contributed by atoms with Gasteiger partial charge in [-0.15, -0.1) is 11.8 Å². The fourth-order valence-corrected chi connectivity index (χ4v) is 4.79. The zero-order valence-corrected chi connectivity index (χ0v) is 15.2. The summed E-state index contributed by atoms with van der Waals surface area (Å²) in [6.45, 7) is 2.41. The first-order valence-electron chi connectivity index (χ1n) is 7.93. The van der Waals surface area contributed by atoms with Crippen molar-refractivity contribution in [3.63, 3.8) is 0 Å². The lowest BCUT2D eigenvalue weighted by Gasteiger charge is -2.37. The Morgan fingerprint density at radius 2 is 1.91 bits per heavy atom. The first-order valence-corrected chi connectivity index (χ1v) is 9.95. The van der Waals surface area contributed by atoms with Crippen molar-refractivity contribution in [3.8, 4) is 0 Å². The zero-order chi connectivity index (χ0) is 15.1. The van der Waals surface area contributed by atoms with E-state index in [0.717, 1.165) is 6.54 Å². The Morgan fingerprint density at radius 3 is 2.68 bits per heavy atom. The highest BCUT2D eigenvalue weighted by molar-refractivity contribution is 9.10. The van der Waals surface area contributed by atoms with E-state index in [1.54, 1.807) is 5.56 Å². The summed E-state index contributed by atoms with van der Waals surface area (Å²) in [4.78, 5) is 4.02. The van der Waals surface area contributed by atoms with Gasteiger partial charge in [0.1, 0.15) is 0 Å². The Morgan fingerprint density at radius 1 is 1.09 bits per heavy atom. The average Bonchev–Trinajstić information content (AvgIpc) is 3.02. The van der Waals surface area contributed by atoms with Crippen molar-refractivity contribution >= 4 is 27.7 Å². The summed E-state index contributed by atoms with van der Waals surface area (Å²) >= 11 is 5.48. The fourth-order valence-electron chi connectivity index (χ4n) is 4.00. The molecule has 2 aliphatic rings. The van der Waals surface area contributed by atoms with E-state index in [9.17, 15) is 0 Å². The van der Waals surface area contributed by atoms with E-state index >= 15 is 0 Å². The molecule has 0 amide bonds. The smallest absolute Gasteiger partial charge is 0.0351 e. The molecule has 0 saturated carbocycles. The van der Waals surface area contributed by atoms with Gasteiger partial charge in [-0.1, -0.05) is 34.1 Å². The van der Waals surface area contributed by atoms with E-state index in [1.807, 2.05) is 11.8 Å². The molecule has 1 nitrogen and oxygen atoms in total. The van der Waals surface area contributed by atoms with Gasteiger partial charge in [-0.05, 0) is 66.6 Å². The minimum absolute atomic E-state index is 0.498. The van der Waals surface area contributed by atoms with Gasteiger partial charge in [-0.3, -0.25) is 4.90 Å². The number of fused-ring (bicyclic) bond motifs is 3. The molecule has 1 saturated heterocycles. The third-order valence-corrected chi connectivity index (χ3v) is 6.32. The third kappa shape index (κ3) is 2.53. The molecular weight excluding hydrogens is 354 g/mol. The van der Waals surface area contributed by atoms with Gasteiger partial charge in [-0.25, -0.2) is 0 Å². The summed E-state index contributed by atoms with van der Waals surface area (Å²) in [7, 11) is 0. The summed E-state index contributed by atoms with van der Waals surface area (Å²) in [6, 6.07) is 16.7. The van der Waals surface area contributed by atoms with Gasteiger partial charge >= 0.3 is 0 Å². The maximum atomic E-state index is 3.67. The molecule has 3 heteroatoms. The highest BCUT2D eigenvalue weighted by Gasteiger charge is 2.36. The summed E-state index contributed by atoms with van der Waals surface area (Å²) in [5.41, 5.74) is 4.52. The van der Waals surface area contributed by atoms with E-state index in [-0.39, 0.29) is 0 Å². The van der Waals surface area contributed by atoms with Crippen molar-refractivity contribution < 1.29 is 0 Å². The summed E-state index contributed by atoms with van der Waals surface area (Å²) in [6.07, 6.45) is 4.78. The molecule has 22 heavy (non-hydrogen) atoms. The molecule has 0 aliphatic carbocycles. The lowest BCUT2D eigenvalue weighted by atomic mass is 9.82. The highest BCUT2D eigenvalue weighted by atomic mass is 79.9. The van der Waals surface area contributed by atoms with Crippen molar-refractivity contribution in [2.45, 2.75) is 29.7 Å². The van der Waals surface area contributed by atoms with Crippen LogP contribution in [-0.4, -0.2) is 24.2 Å². The van der Waals surface area contributed by atoms with Crippen LogP contribution in [0.5, 0.6) is 0 Å². The van der Waals surface area contributed by atoms with Gasteiger partial charge in [0.05, 0.1) is 0 Å². The maximum absolute atomic E-state index is 3.67. The van der Waals surface area contributed by atoms with E-state index in [0.29, 0.717) is 12.0 Å². The maximum Gasteiger partial charge on any atom is 0.0351 e. The van der Waals surface area contributed by atoms with Crippen LogP contribution in [0.25, 0.3) is 0 Å². The summed E-state index contributed by atoms with van der Waals surface area (Å²) < 4.78 is 1.20. The molecule has 0 N–H and O–H groups in total. The van der Waals surface area contributed by atoms with Crippen LogP contribution in [0.3, 0.4) is 0 Å². The standard InChI is InChI=1S/C19H20BrNS/c1-22-15-7-4-13(5-8-15)18-12-21-10-2-3-19(21)16-9-6-14(20)11-17(16)18/h4-9,11,18-19H,2-3,10,12H2,1H3/t18-,19-/m0/s1. The number of hydrogen-bond acceptors (Lipinski definition) is 2. The van der Waals surface area contributed by atoms with Gasteiger partial charge < -0.3 is 0 Å². The monoisotopic (exact) mass is 373 g/mol. The molecule has 2 heterocycles. The number of benzene rings is 2. The quantitative estimate of drug-likeness (QED) is 0.643. The highest BCUT2D eigenvalue weighted by Crippen LogP contribution is 2.45. The molecule has 0 unspecified atom stereocenters. The molecule has 2 aromatic rings. The van der Waals surface area contributed by atoms with Crippen LogP contribution in [-0.2, 0) is 0 Å². The van der Waals surface area contributed by atoms with Crippen LogP contribution >= 0.6 is 27.7 Å². The van der Waals surface area contributed by atoms with E-state index in [1.165, 1.54) is 39.9 Å². The first kappa shape index (κ1) is 14.8. The SMILES string of the molecule is CSc1ccc([C@@H]2CN3CCC[C@H]3c3ccc(Br)cc32)cc1. The van der Waals surface area contributed by atoms with Gasteiger partial charge in [0.2, 0.25) is 0 Å². The van der Waals surface area contributed by atoms with Crippen LogP contribution in [0.4, 0.5) is 0 Å². The lowest BCUT2D eigenvalue weighted by molar-refractivity contribution is 0.230. The predicted molar refractivity (Wildman–Crippen MR) is 97.8 cm³/mol. The predicted octanol–water partition coefficient (Wildman–Crippen LogP) is 5.45. The molecule has 0 radical (unpaired) electrons.